The fourth-order valence-corrected chi connectivity index (χ4v) is 2.03. The van der Waals surface area contributed by atoms with Gasteiger partial charge in [-0.3, -0.25) is 4.79 Å². The molecule has 0 aliphatic carbocycles. The summed E-state index contributed by atoms with van der Waals surface area (Å²) in [5, 5.41) is 0. The van der Waals surface area contributed by atoms with E-state index in [1.807, 2.05) is 31.2 Å². The van der Waals surface area contributed by atoms with Crippen molar-refractivity contribution in [3.8, 4) is 11.5 Å². The van der Waals surface area contributed by atoms with Crippen LogP contribution in [0.3, 0.4) is 0 Å². The molecule has 2 rings (SSSR count). The summed E-state index contributed by atoms with van der Waals surface area (Å²) in [5.41, 5.74) is 2.06. The first-order chi connectivity index (χ1) is 9.17. The molecule has 0 saturated heterocycles. The topological polar surface area (TPSA) is 35.5 Å². The van der Waals surface area contributed by atoms with Crippen molar-refractivity contribution in [1.82, 2.24) is 0 Å². The summed E-state index contributed by atoms with van der Waals surface area (Å²) in [7, 11) is 3.14. The van der Waals surface area contributed by atoms with Crippen molar-refractivity contribution in [3.05, 3.63) is 59.2 Å². The molecule has 2 aromatic carbocycles. The zero-order chi connectivity index (χ0) is 13.8. The van der Waals surface area contributed by atoms with Crippen molar-refractivity contribution in [3.63, 3.8) is 0 Å². The van der Waals surface area contributed by atoms with Crippen LogP contribution in [0.1, 0.15) is 21.5 Å². The third-order valence-corrected chi connectivity index (χ3v) is 2.99. The monoisotopic (exact) mass is 256 g/mol. The number of ketones is 1. The second-order valence-electron chi connectivity index (χ2n) is 4.22. The van der Waals surface area contributed by atoms with Gasteiger partial charge in [0.25, 0.3) is 0 Å². The van der Waals surface area contributed by atoms with Crippen LogP contribution in [0.4, 0.5) is 0 Å². The minimum absolute atomic E-state index is 0.0439. The molecule has 2 aromatic rings. The third kappa shape index (κ3) is 2.60. The first kappa shape index (κ1) is 13.1. The number of hydrogen-bond donors (Lipinski definition) is 0. The van der Waals surface area contributed by atoms with E-state index in [0.29, 0.717) is 22.6 Å². The van der Waals surface area contributed by atoms with E-state index in [9.17, 15) is 4.79 Å². The predicted molar refractivity (Wildman–Crippen MR) is 74.2 cm³/mol. The highest BCUT2D eigenvalue weighted by atomic mass is 16.5. The molecule has 0 unspecified atom stereocenters. The fraction of sp³-hybridized carbons (Fsp3) is 0.188. The van der Waals surface area contributed by atoms with E-state index in [2.05, 4.69) is 0 Å². The molecule has 0 bridgehead atoms. The molecule has 0 N–H and O–H groups in total. The second kappa shape index (κ2) is 5.57. The van der Waals surface area contributed by atoms with Crippen LogP contribution in [0.2, 0.25) is 0 Å². The molecule has 0 aromatic heterocycles. The maximum atomic E-state index is 12.5. The molecule has 0 spiro atoms. The number of rotatable bonds is 4. The van der Waals surface area contributed by atoms with E-state index >= 15 is 0 Å². The molecule has 0 heterocycles. The van der Waals surface area contributed by atoms with Gasteiger partial charge in [0.15, 0.2) is 5.78 Å². The van der Waals surface area contributed by atoms with Gasteiger partial charge in [-0.25, -0.2) is 0 Å². The van der Waals surface area contributed by atoms with Crippen LogP contribution in [0.5, 0.6) is 11.5 Å². The van der Waals surface area contributed by atoms with Crippen LogP contribution < -0.4 is 9.47 Å². The van der Waals surface area contributed by atoms with Crippen LogP contribution in [0.15, 0.2) is 42.5 Å². The van der Waals surface area contributed by atoms with Gasteiger partial charge < -0.3 is 9.47 Å². The summed E-state index contributed by atoms with van der Waals surface area (Å²) in [5.74, 6) is 1.17. The first-order valence-corrected chi connectivity index (χ1v) is 5.99. The van der Waals surface area contributed by atoms with Crippen molar-refractivity contribution in [2.45, 2.75) is 6.92 Å². The Balaban J connectivity index is 2.53. The highest BCUT2D eigenvalue weighted by Gasteiger charge is 2.18. The average Bonchev–Trinajstić information content (AvgIpc) is 2.46. The molecular formula is C16H16O3. The molecule has 0 atom stereocenters. The van der Waals surface area contributed by atoms with E-state index in [-0.39, 0.29) is 5.78 Å². The Kier molecular flexibility index (Phi) is 3.85. The average molecular weight is 256 g/mol. The highest BCUT2D eigenvalue weighted by Crippen LogP contribution is 2.30. The largest absolute Gasteiger partial charge is 0.497 e. The minimum Gasteiger partial charge on any atom is -0.497 e. The van der Waals surface area contributed by atoms with Crippen molar-refractivity contribution in [1.29, 1.82) is 0 Å². The lowest BCUT2D eigenvalue weighted by atomic mass is 9.98. The van der Waals surface area contributed by atoms with Gasteiger partial charge in [0.1, 0.15) is 11.5 Å². The number of ether oxygens (including phenoxy) is 2. The van der Waals surface area contributed by atoms with Gasteiger partial charge in [0, 0.05) is 11.6 Å². The van der Waals surface area contributed by atoms with Crippen molar-refractivity contribution < 1.29 is 14.3 Å². The number of hydrogen-bond acceptors (Lipinski definition) is 3. The maximum absolute atomic E-state index is 12.5. The molecule has 3 heteroatoms. The number of carbonyl (C=O) groups excluding carboxylic acids is 1. The Morgan fingerprint density at radius 3 is 2.26 bits per heavy atom. The predicted octanol–water partition coefficient (Wildman–Crippen LogP) is 3.24. The van der Waals surface area contributed by atoms with E-state index < -0.39 is 0 Å². The zero-order valence-corrected chi connectivity index (χ0v) is 11.3. The minimum atomic E-state index is -0.0439. The molecule has 0 saturated carbocycles. The fourth-order valence-electron chi connectivity index (χ4n) is 2.03. The van der Waals surface area contributed by atoms with Gasteiger partial charge in [-0.1, -0.05) is 30.3 Å². The first-order valence-electron chi connectivity index (χ1n) is 5.99. The Hall–Kier alpha value is -2.29. The summed E-state index contributed by atoms with van der Waals surface area (Å²) in [6.07, 6.45) is 0. The van der Waals surface area contributed by atoms with Gasteiger partial charge in [-0.2, -0.15) is 0 Å². The van der Waals surface area contributed by atoms with Gasteiger partial charge in [-0.15, -0.1) is 0 Å². The van der Waals surface area contributed by atoms with Crippen LogP contribution in [0.25, 0.3) is 0 Å². The molecule has 0 amide bonds. The SMILES string of the molecule is COc1cc(C)c(C(=O)c2ccccc2)c(OC)c1. The lowest BCUT2D eigenvalue weighted by Crippen LogP contribution is -2.06. The molecule has 0 radical (unpaired) electrons. The molecular weight excluding hydrogens is 240 g/mol. The second-order valence-corrected chi connectivity index (χ2v) is 4.22. The standard InChI is InChI=1S/C16H16O3/c1-11-9-13(18-2)10-14(19-3)15(11)16(17)12-7-5-4-6-8-12/h4-10H,1-3H3. The number of aryl methyl sites for hydroxylation is 1. The summed E-state index contributed by atoms with van der Waals surface area (Å²) >= 11 is 0. The highest BCUT2D eigenvalue weighted by molar-refractivity contribution is 6.11. The summed E-state index contributed by atoms with van der Waals surface area (Å²) in [6, 6.07) is 12.7. The van der Waals surface area contributed by atoms with E-state index in [1.54, 1.807) is 32.4 Å². The number of methoxy groups -OCH3 is 2. The quantitative estimate of drug-likeness (QED) is 0.788. The molecule has 98 valence electrons. The Labute approximate surface area is 112 Å². The van der Waals surface area contributed by atoms with Crippen molar-refractivity contribution in [2.75, 3.05) is 14.2 Å². The number of carbonyl (C=O) groups is 1. The zero-order valence-electron chi connectivity index (χ0n) is 11.3. The Bertz CT molecular complexity index is 588. The molecule has 19 heavy (non-hydrogen) atoms. The molecule has 0 aliphatic heterocycles. The summed E-state index contributed by atoms with van der Waals surface area (Å²) < 4.78 is 10.5. The van der Waals surface area contributed by atoms with Gasteiger partial charge >= 0.3 is 0 Å². The normalized spacial score (nSPS) is 10.1. The Morgan fingerprint density at radius 2 is 1.68 bits per heavy atom. The lowest BCUT2D eigenvalue weighted by Gasteiger charge is -2.13. The van der Waals surface area contributed by atoms with Gasteiger partial charge in [-0.05, 0) is 18.6 Å². The molecule has 0 fully saturated rings. The lowest BCUT2D eigenvalue weighted by molar-refractivity contribution is 0.103. The van der Waals surface area contributed by atoms with Gasteiger partial charge in [0.05, 0.1) is 19.8 Å². The van der Waals surface area contributed by atoms with Crippen molar-refractivity contribution >= 4 is 5.78 Å². The van der Waals surface area contributed by atoms with Crippen LogP contribution >= 0.6 is 0 Å². The van der Waals surface area contributed by atoms with E-state index in [4.69, 9.17) is 9.47 Å². The molecule has 3 nitrogen and oxygen atoms in total. The van der Waals surface area contributed by atoms with Crippen molar-refractivity contribution in [2.24, 2.45) is 0 Å². The smallest absolute Gasteiger partial charge is 0.197 e. The summed E-state index contributed by atoms with van der Waals surface area (Å²) in [4.78, 5) is 12.5. The summed E-state index contributed by atoms with van der Waals surface area (Å²) in [6.45, 7) is 1.88. The van der Waals surface area contributed by atoms with E-state index in [1.165, 1.54) is 0 Å². The van der Waals surface area contributed by atoms with Crippen LogP contribution in [-0.2, 0) is 0 Å². The maximum Gasteiger partial charge on any atom is 0.197 e. The van der Waals surface area contributed by atoms with Gasteiger partial charge in [0.2, 0.25) is 0 Å². The van der Waals surface area contributed by atoms with Crippen LogP contribution in [-0.4, -0.2) is 20.0 Å². The molecule has 0 aliphatic rings. The number of benzene rings is 2. The van der Waals surface area contributed by atoms with Crippen LogP contribution in [0, 0.1) is 6.92 Å². The third-order valence-electron chi connectivity index (χ3n) is 2.99. The Morgan fingerprint density at radius 1 is 1.00 bits per heavy atom. The van der Waals surface area contributed by atoms with E-state index in [0.717, 1.165) is 5.56 Å².